The molecule has 0 saturated carbocycles. The number of halogens is 3. The number of carbonyl (C=O) groups is 1. The molecule has 0 aliphatic carbocycles. The van der Waals surface area contributed by atoms with Crippen molar-refractivity contribution in [2.24, 2.45) is 0 Å². The lowest BCUT2D eigenvalue weighted by Gasteiger charge is -2.20. The normalized spacial score (nSPS) is 20.6. The second kappa shape index (κ2) is 6.78. The average Bonchev–Trinajstić information content (AvgIpc) is 3.10. The van der Waals surface area contributed by atoms with E-state index < -0.39 is 33.4 Å². The first-order chi connectivity index (χ1) is 13.3. The highest BCUT2D eigenvalue weighted by atomic mass is 32.2. The minimum Gasteiger partial charge on any atom is -0.382 e. The number of nitrogens with one attached hydrogen (secondary N) is 2. The van der Waals surface area contributed by atoms with E-state index in [-0.39, 0.29) is 22.2 Å². The molecular formula is C18H16F3N3O3S. The van der Waals surface area contributed by atoms with E-state index in [0.29, 0.717) is 30.9 Å². The van der Waals surface area contributed by atoms with Gasteiger partial charge >= 0.3 is 0 Å². The first-order valence-electron chi connectivity index (χ1n) is 8.63. The maximum Gasteiger partial charge on any atom is 0.255 e. The zero-order valence-electron chi connectivity index (χ0n) is 14.5. The second-order valence-corrected chi connectivity index (χ2v) is 8.57. The lowest BCUT2D eigenvalue weighted by atomic mass is 10.1. The number of fused-ring (bicyclic) bond motifs is 2. The van der Waals surface area contributed by atoms with Crippen molar-refractivity contribution in [3.05, 3.63) is 53.3 Å². The summed E-state index contributed by atoms with van der Waals surface area (Å²) >= 11 is 0. The fraction of sp³-hybridized carbons (Fsp3) is 0.278. The maximum atomic E-state index is 13.3. The summed E-state index contributed by atoms with van der Waals surface area (Å²) in [6.45, 7) is 0.893. The van der Waals surface area contributed by atoms with E-state index in [4.69, 9.17) is 0 Å². The van der Waals surface area contributed by atoms with Gasteiger partial charge in [-0.2, -0.15) is 4.31 Å². The molecule has 1 unspecified atom stereocenters. The minimum absolute atomic E-state index is 0.00749. The van der Waals surface area contributed by atoms with E-state index >= 15 is 0 Å². The standard InChI is InChI=1S/C18H16F3N3O3S/c19-13-7-11(8-14(20)17(13)21)23-18(25)10-3-4-15-16(6-10)28(26,27)24-5-1-2-12(24)9-22-15/h3-4,6-8,12,22H,1-2,5,9H2,(H,23,25). The Bertz CT molecular complexity index is 1050. The Balaban J connectivity index is 1.66. The molecule has 1 fully saturated rings. The summed E-state index contributed by atoms with van der Waals surface area (Å²) in [4.78, 5) is 12.4. The van der Waals surface area contributed by atoms with Crippen LogP contribution in [0.1, 0.15) is 23.2 Å². The van der Waals surface area contributed by atoms with Gasteiger partial charge in [0.15, 0.2) is 17.5 Å². The predicted molar refractivity (Wildman–Crippen MR) is 96.1 cm³/mol. The van der Waals surface area contributed by atoms with Crippen LogP contribution in [0.25, 0.3) is 0 Å². The van der Waals surface area contributed by atoms with Crippen molar-refractivity contribution in [2.75, 3.05) is 23.7 Å². The molecule has 2 N–H and O–H groups in total. The lowest BCUT2D eigenvalue weighted by molar-refractivity contribution is 0.102. The Morgan fingerprint density at radius 1 is 1.14 bits per heavy atom. The Morgan fingerprint density at radius 3 is 2.57 bits per heavy atom. The van der Waals surface area contributed by atoms with Gasteiger partial charge < -0.3 is 10.6 Å². The van der Waals surface area contributed by atoms with Crippen LogP contribution in [0.15, 0.2) is 35.2 Å². The monoisotopic (exact) mass is 411 g/mol. The number of hydrogen-bond donors (Lipinski definition) is 2. The van der Waals surface area contributed by atoms with E-state index in [1.807, 2.05) is 0 Å². The fourth-order valence-electron chi connectivity index (χ4n) is 3.54. The zero-order valence-corrected chi connectivity index (χ0v) is 15.3. The molecule has 2 aliphatic rings. The molecule has 2 aliphatic heterocycles. The van der Waals surface area contributed by atoms with Gasteiger partial charge in [0.2, 0.25) is 10.0 Å². The maximum absolute atomic E-state index is 13.3. The van der Waals surface area contributed by atoms with Crippen molar-refractivity contribution >= 4 is 27.3 Å². The molecule has 10 heteroatoms. The van der Waals surface area contributed by atoms with Gasteiger partial charge in [0.05, 0.1) is 5.69 Å². The van der Waals surface area contributed by atoms with Gasteiger partial charge in [-0.25, -0.2) is 21.6 Å². The molecule has 1 amide bonds. The Morgan fingerprint density at radius 2 is 1.86 bits per heavy atom. The number of amides is 1. The number of nitrogens with zero attached hydrogens (tertiary/aromatic N) is 1. The van der Waals surface area contributed by atoms with Gasteiger partial charge in [0.1, 0.15) is 4.90 Å². The van der Waals surface area contributed by atoms with Gasteiger partial charge in [-0.15, -0.1) is 0 Å². The number of benzene rings is 2. The Kier molecular flexibility index (Phi) is 4.54. The lowest BCUT2D eigenvalue weighted by Crippen LogP contribution is -2.36. The third-order valence-electron chi connectivity index (χ3n) is 4.92. The van der Waals surface area contributed by atoms with Crippen LogP contribution >= 0.6 is 0 Å². The third-order valence-corrected chi connectivity index (χ3v) is 6.92. The second-order valence-electron chi connectivity index (χ2n) is 6.71. The zero-order chi connectivity index (χ0) is 20.1. The smallest absolute Gasteiger partial charge is 0.255 e. The molecule has 6 nitrogen and oxygen atoms in total. The number of sulfonamides is 1. The third kappa shape index (κ3) is 3.12. The number of anilines is 2. The number of carbonyl (C=O) groups excluding carboxylic acids is 1. The Hall–Kier alpha value is -2.59. The number of rotatable bonds is 2. The highest BCUT2D eigenvalue weighted by molar-refractivity contribution is 7.89. The van der Waals surface area contributed by atoms with E-state index in [2.05, 4.69) is 10.6 Å². The topological polar surface area (TPSA) is 78.5 Å². The van der Waals surface area contributed by atoms with Crippen LogP contribution in [-0.4, -0.2) is 37.8 Å². The molecule has 2 heterocycles. The summed E-state index contributed by atoms with van der Waals surface area (Å²) in [7, 11) is -3.78. The van der Waals surface area contributed by atoms with Gasteiger partial charge in [-0.3, -0.25) is 4.79 Å². The molecule has 1 atom stereocenters. The van der Waals surface area contributed by atoms with Crippen LogP contribution in [-0.2, 0) is 10.0 Å². The largest absolute Gasteiger partial charge is 0.382 e. The molecular weight excluding hydrogens is 395 g/mol. The van der Waals surface area contributed by atoms with Crippen LogP contribution in [0.4, 0.5) is 24.5 Å². The van der Waals surface area contributed by atoms with Crippen LogP contribution < -0.4 is 10.6 Å². The molecule has 4 rings (SSSR count). The van der Waals surface area contributed by atoms with Crippen molar-refractivity contribution < 1.29 is 26.4 Å². The number of hydrogen-bond acceptors (Lipinski definition) is 4. The van der Waals surface area contributed by atoms with Crippen molar-refractivity contribution in [1.29, 1.82) is 0 Å². The molecule has 2 aromatic rings. The summed E-state index contributed by atoms with van der Waals surface area (Å²) in [5, 5.41) is 5.34. The van der Waals surface area contributed by atoms with Crippen molar-refractivity contribution in [3.8, 4) is 0 Å². The fourth-order valence-corrected chi connectivity index (χ4v) is 5.43. The van der Waals surface area contributed by atoms with Crippen LogP contribution in [0.2, 0.25) is 0 Å². The van der Waals surface area contributed by atoms with Crippen LogP contribution in [0.3, 0.4) is 0 Å². The first-order valence-corrected chi connectivity index (χ1v) is 10.1. The minimum atomic E-state index is -3.78. The Labute approximate surface area is 159 Å². The van der Waals surface area contributed by atoms with Gasteiger partial charge in [0.25, 0.3) is 5.91 Å². The summed E-state index contributed by atoms with van der Waals surface area (Å²) < 4.78 is 67.1. The highest BCUT2D eigenvalue weighted by Gasteiger charge is 2.39. The molecule has 0 radical (unpaired) electrons. The van der Waals surface area contributed by atoms with E-state index in [0.717, 1.165) is 12.8 Å². The molecule has 0 aromatic heterocycles. The van der Waals surface area contributed by atoms with E-state index in [1.165, 1.54) is 22.5 Å². The van der Waals surface area contributed by atoms with Crippen molar-refractivity contribution in [3.63, 3.8) is 0 Å². The van der Waals surface area contributed by atoms with E-state index in [9.17, 15) is 26.4 Å². The van der Waals surface area contributed by atoms with Crippen molar-refractivity contribution in [2.45, 2.75) is 23.8 Å². The summed E-state index contributed by atoms with van der Waals surface area (Å²) in [5.41, 5.74) is 0.105. The van der Waals surface area contributed by atoms with Crippen molar-refractivity contribution in [1.82, 2.24) is 4.31 Å². The molecule has 0 bridgehead atoms. The highest BCUT2D eigenvalue weighted by Crippen LogP contribution is 2.34. The SMILES string of the molecule is O=C(Nc1cc(F)c(F)c(F)c1)c1ccc2c(c1)S(=O)(=O)N1CCCC1CN2. The van der Waals surface area contributed by atoms with Crippen LogP contribution in [0, 0.1) is 17.5 Å². The summed E-state index contributed by atoms with van der Waals surface area (Å²) in [5.74, 6) is -5.29. The molecule has 28 heavy (non-hydrogen) atoms. The average molecular weight is 411 g/mol. The summed E-state index contributed by atoms with van der Waals surface area (Å²) in [6, 6.07) is 5.27. The molecule has 1 saturated heterocycles. The quantitative estimate of drug-likeness (QED) is 0.745. The summed E-state index contributed by atoms with van der Waals surface area (Å²) in [6.07, 6.45) is 1.53. The van der Waals surface area contributed by atoms with Crippen LogP contribution in [0.5, 0.6) is 0 Å². The van der Waals surface area contributed by atoms with Gasteiger partial charge in [-0.05, 0) is 31.0 Å². The predicted octanol–water partition coefficient (Wildman–Crippen LogP) is 2.93. The molecule has 0 spiro atoms. The van der Waals surface area contributed by atoms with Gasteiger partial charge in [0, 0.05) is 42.5 Å². The van der Waals surface area contributed by atoms with E-state index in [1.54, 1.807) is 0 Å². The molecule has 2 aromatic carbocycles. The molecule has 148 valence electrons. The van der Waals surface area contributed by atoms with Gasteiger partial charge in [-0.1, -0.05) is 0 Å². The first kappa shape index (κ1) is 18.8.